The summed E-state index contributed by atoms with van der Waals surface area (Å²) >= 11 is 0. The van der Waals surface area contributed by atoms with Gasteiger partial charge < -0.3 is 5.32 Å². The molecule has 0 aromatic carbocycles. The average molecular weight is 137 g/mol. The van der Waals surface area contributed by atoms with Crippen LogP contribution in [0.2, 0.25) is 0 Å². The first-order valence-electron chi connectivity index (χ1n) is 3.42. The molecule has 0 bridgehead atoms. The molecule has 0 heterocycles. The monoisotopic (exact) mass is 137 g/mol. The largest absolute Gasteiger partial charge is 0.330 e. The van der Waals surface area contributed by atoms with Gasteiger partial charge in [0, 0.05) is 12.6 Å². The number of allylic oxidation sites excluding steroid dienone is 4. The van der Waals surface area contributed by atoms with E-state index in [0.717, 1.165) is 18.5 Å². The van der Waals surface area contributed by atoms with E-state index in [0.29, 0.717) is 0 Å². The fourth-order valence-electron chi connectivity index (χ4n) is 0.933. The van der Waals surface area contributed by atoms with Crippen molar-refractivity contribution < 1.29 is 4.79 Å². The Bertz CT molecular complexity index is 191. The molecular formula is C8H11NO. The lowest BCUT2D eigenvalue weighted by atomic mass is 10.1. The quantitative estimate of drug-likeness (QED) is 0.580. The maximum atomic E-state index is 10.5. The molecule has 1 rings (SSSR count). The Morgan fingerprint density at radius 1 is 1.70 bits per heavy atom. The van der Waals surface area contributed by atoms with Gasteiger partial charge in [0.25, 0.3) is 0 Å². The van der Waals surface area contributed by atoms with Gasteiger partial charge in [0.15, 0.2) is 0 Å². The van der Waals surface area contributed by atoms with Crippen molar-refractivity contribution >= 4 is 5.91 Å². The SMILES string of the molecule is CC(=O)NC1=CC=CCC1. The Morgan fingerprint density at radius 2 is 2.50 bits per heavy atom. The van der Waals surface area contributed by atoms with Gasteiger partial charge in [0.1, 0.15) is 0 Å². The van der Waals surface area contributed by atoms with Crippen LogP contribution >= 0.6 is 0 Å². The predicted octanol–water partition coefficient (Wildman–Crippen LogP) is 1.36. The van der Waals surface area contributed by atoms with Gasteiger partial charge in [0.2, 0.25) is 5.91 Å². The molecule has 0 radical (unpaired) electrons. The fraction of sp³-hybridized carbons (Fsp3) is 0.375. The summed E-state index contributed by atoms with van der Waals surface area (Å²) in [5.74, 6) is 0.0153. The third-order valence-electron chi connectivity index (χ3n) is 1.35. The minimum absolute atomic E-state index is 0.0153. The van der Waals surface area contributed by atoms with Crippen LogP contribution in [0.5, 0.6) is 0 Å². The molecule has 54 valence electrons. The van der Waals surface area contributed by atoms with Crippen molar-refractivity contribution in [2.45, 2.75) is 19.8 Å². The van der Waals surface area contributed by atoms with Gasteiger partial charge in [-0.25, -0.2) is 0 Å². The summed E-state index contributed by atoms with van der Waals surface area (Å²) < 4.78 is 0. The molecule has 10 heavy (non-hydrogen) atoms. The Hall–Kier alpha value is -1.05. The van der Waals surface area contributed by atoms with Crippen molar-refractivity contribution in [3.8, 4) is 0 Å². The van der Waals surface area contributed by atoms with Gasteiger partial charge in [-0.05, 0) is 18.9 Å². The lowest BCUT2D eigenvalue weighted by Crippen LogP contribution is -2.19. The van der Waals surface area contributed by atoms with Crippen molar-refractivity contribution in [2.24, 2.45) is 0 Å². The molecule has 0 fully saturated rings. The van der Waals surface area contributed by atoms with Crippen molar-refractivity contribution in [1.82, 2.24) is 5.32 Å². The number of nitrogens with one attached hydrogen (secondary N) is 1. The minimum Gasteiger partial charge on any atom is -0.330 e. The maximum absolute atomic E-state index is 10.5. The van der Waals surface area contributed by atoms with E-state index < -0.39 is 0 Å². The third kappa shape index (κ3) is 2.05. The van der Waals surface area contributed by atoms with Crippen LogP contribution in [0.1, 0.15) is 19.8 Å². The molecule has 0 saturated heterocycles. The highest BCUT2D eigenvalue weighted by atomic mass is 16.1. The molecule has 0 unspecified atom stereocenters. The Kier molecular flexibility index (Phi) is 2.26. The number of carbonyl (C=O) groups excluding carboxylic acids is 1. The van der Waals surface area contributed by atoms with Gasteiger partial charge >= 0.3 is 0 Å². The lowest BCUT2D eigenvalue weighted by molar-refractivity contribution is -0.118. The predicted molar refractivity (Wildman–Crippen MR) is 40.3 cm³/mol. The highest BCUT2D eigenvalue weighted by Gasteiger charge is 1.99. The molecular weight excluding hydrogens is 126 g/mol. The fourth-order valence-corrected chi connectivity index (χ4v) is 0.933. The average Bonchev–Trinajstić information content (AvgIpc) is 1.88. The van der Waals surface area contributed by atoms with E-state index in [4.69, 9.17) is 0 Å². The summed E-state index contributed by atoms with van der Waals surface area (Å²) in [5.41, 5.74) is 1.02. The number of hydrogen-bond donors (Lipinski definition) is 1. The van der Waals surface area contributed by atoms with Crippen LogP contribution in [0.15, 0.2) is 23.9 Å². The van der Waals surface area contributed by atoms with Crippen LogP contribution < -0.4 is 5.32 Å². The topological polar surface area (TPSA) is 29.1 Å². The van der Waals surface area contributed by atoms with Crippen LogP contribution in [0.3, 0.4) is 0 Å². The zero-order valence-electron chi connectivity index (χ0n) is 6.05. The van der Waals surface area contributed by atoms with Gasteiger partial charge in [0.05, 0.1) is 0 Å². The molecule has 1 amide bonds. The molecule has 1 N–H and O–H groups in total. The van der Waals surface area contributed by atoms with E-state index in [2.05, 4.69) is 11.4 Å². The van der Waals surface area contributed by atoms with Crippen molar-refractivity contribution in [3.05, 3.63) is 23.9 Å². The van der Waals surface area contributed by atoms with Crippen molar-refractivity contribution in [3.63, 3.8) is 0 Å². The molecule has 0 aromatic rings. The first-order chi connectivity index (χ1) is 4.79. The lowest BCUT2D eigenvalue weighted by Gasteiger charge is -2.07. The molecule has 1 aliphatic carbocycles. The Balaban J connectivity index is 2.47. The van der Waals surface area contributed by atoms with E-state index in [1.165, 1.54) is 6.92 Å². The first kappa shape index (κ1) is 7.06. The zero-order chi connectivity index (χ0) is 7.40. The number of carbonyl (C=O) groups is 1. The minimum atomic E-state index is 0.0153. The second-order valence-electron chi connectivity index (χ2n) is 2.34. The smallest absolute Gasteiger partial charge is 0.220 e. The summed E-state index contributed by atoms with van der Waals surface area (Å²) in [6.45, 7) is 1.53. The van der Waals surface area contributed by atoms with Gasteiger partial charge in [-0.2, -0.15) is 0 Å². The second kappa shape index (κ2) is 3.20. The first-order valence-corrected chi connectivity index (χ1v) is 3.42. The van der Waals surface area contributed by atoms with E-state index >= 15 is 0 Å². The summed E-state index contributed by atoms with van der Waals surface area (Å²) in [4.78, 5) is 10.5. The van der Waals surface area contributed by atoms with E-state index in [1.54, 1.807) is 0 Å². The van der Waals surface area contributed by atoms with Crippen LogP contribution in [-0.2, 0) is 4.79 Å². The molecule has 0 atom stereocenters. The normalized spacial score (nSPS) is 16.3. The molecule has 0 aliphatic heterocycles. The highest BCUT2D eigenvalue weighted by Crippen LogP contribution is 2.07. The molecule has 0 saturated carbocycles. The number of rotatable bonds is 1. The van der Waals surface area contributed by atoms with Crippen molar-refractivity contribution in [1.29, 1.82) is 0 Å². The van der Waals surface area contributed by atoms with Crippen LogP contribution in [-0.4, -0.2) is 5.91 Å². The summed E-state index contributed by atoms with van der Waals surface area (Å²) in [5, 5.41) is 2.75. The summed E-state index contributed by atoms with van der Waals surface area (Å²) in [6.07, 6.45) is 7.98. The zero-order valence-corrected chi connectivity index (χ0v) is 6.05. The maximum Gasteiger partial charge on any atom is 0.220 e. The van der Waals surface area contributed by atoms with Gasteiger partial charge in [-0.3, -0.25) is 4.79 Å². The van der Waals surface area contributed by atoms with Crippen LogP contribution in [0.4, 0.5) is 0 Å². The third-order valence-corrected chi connectivity index (χ3v) is 1.35. The van der Waals surface area contributed by atoms with E-state index in [1.807, 2.05) is 12.2 Å². The van der Waals surface area contributed by atoms with E-state index in [9.17, 15) is 4.79 Å². The molecule has 0 aromatic heterocycles. The number of amides is 1. The van der Waals surface area contributed by atoms with E-state index in [-0.39, 0.29) is 5.91 Å². The second-order valence-corrected chi connectivity index (χ2v) is 2.34. The van der Waals surface area contributed by atoms with Gasteiger partial charge in [-0.15, -0.1) is 0 Å². The highest BCUT2D eigenvalue weighted by molar-refractivity contribution is 5.74. The molecule has 2 heteroatoms. The van der Waals surface area contributed by atoms with Crippen LogP contribution in [0, 0.1) is 0 Å². The molecule has 2 nitrogen and oxygen atoms in total. The molecule has 0 spiro atoms. The summed E-state index contributed by atoms with van der Waals surface area (Å²) in [6, 6.07) is 0. The Morgan fingerprint density at radius 3 is 3.00 bits per heavy atom. The standard InChI is InChI=1S/C8H11NO/c1-7(10)9-8-5-3-2-4-6-8/h2-3,5H,4,6H2,1H3,(H,9,10). The summed E-state index contributed by atoms with van der Waals surface area (Å²) in [7, 11) is 0. The van der Waals surface area contributed by atoms with Crippen molar-refractivity contribution in [2.75, 3.05) is 0 Å². The van der Waals surface area contributed by atoms with Crippen LogP contribution in [0.25, 0.3) is 0 Å². The van der Waals surface area contributed by atoms with Gasteiger partial charge in [-0.1, -0.05) is 12.2 Å². The molecule has 1 aliphatic rings. The Labute approximate surface area is 60.6 Å². The number of hydrogen-bond acceptors (Lipinski definition) is 1.